The molecule has 3 rings (SSSR count). The highest BCUT2D eigenvalue weighted by molar-refractivity contribution is 7.13. The number of thiazole rings is 1. The van der Waals surface area contributed by atoms with Crippen LogP contribution in [0.15, 0.2) is 29.8 Å². The summed E-state index contributed by atoms with van der Waals surface area (Å²) in [4.78, 5) is 32.3. The van der Waals surface area contributed by atoms with Crippen molar-refractivity contribution in [1.82, 2.24) is 15.2 Å². The number of β-amino-alcohol motifs (C(OH)–C–C–N with tert-alkyl or cyclic N) is 1. The van der Waals surface area contributed by atoms with Crippen molar-refractivity contribution < 1.29 is 19.4 Å². The van der Waals surface area contributed by atoms with Gasteiger partial charge in [0.05, 0.1) is 34.8 Å². The number of hydrogen-bond acceptors (Lipinski definition) is 6. The minimum atomic E-state index is -0.754. The van der Waals surface area contributed by atoms with Crippen LogP contribution in [0.25, 0.3) is 10.4 Å². The molecule has 1 aliphatic rings. The molecule has 0 unspecified atom stereocenters. The fourth-order valence-electron chi connectivity index (χ4n) is 3.66. The zero-order valence-electron chi connectivity index (χ0n) is 18.7. The van der Waals surface area contributed by atoms with E-state index in [9.17, 15) is 14.7 Å². The zero-order valence-corrected chi connectivity index (χ0v) is 19.5. The number of aromatic nitrogens is 1. The van der Waals surface area contributed by atoms with Gasteiger partial charge in [-0.15, -0.1) is 11.3 Å². The lowest BCUT2D eigenvalue weighted by Crippen LogP contribution is -2.48. The molecule has 0 radical (unpaired) electrons. The SMILES string of the molecule is CCc1ncsc1-c1ccc([C@H](C)NC(=O)[C@@H]2C[C@@H](O)CN2C(=O)OC(C)(C)C)cc1. The maximum atomic E-state index is 12.9. The molecule has 0 bridgehead atoms. The topological polar surface area (TPSA) is 91.8 Å². The minimum Gasteiger partial charge on any atom is -0.444 e. The summed E-state index contributed by atoms with van der Waals surface area (Å²) in [5, 5.41) is 13.0. The van der Waals surface area contributed by atoms with Crippen molar-refractivity contribution in [3.8, 4) is 10.4 Å². The van der Waals surface area contributed by atoms with Crippen molar-refractivity contribution in [3.63, 3.8) is 0 Å². The van der Waals surface area contributed by atoms with Crippen molar-refractivity contribution >= 4 is 23.3 Å². The molecule has 2 amide bonds. The number of nitrogens with one attached hydrogen (secondary N) is 1. The first kappa shape index (κ1) is 23.2. The normalized spacial score (nSPS) is 19.9. The van der Waals surface area contributed by atoms with E-state index in [4.69, 9.17) is 4.74 Å². The summed E-state index contributed by atoms with van der Waals surface area (Å²) in [6, 6.07) is 7.07. The van der Waals surface area contributed by atoms with E-state index in [1.165, 1.54) is 9.78 Å². The largest absolute Gasteiger partial charge is 0.444 e. The second kappa shape index (κ2) is 9.36. The molecule has 3 atom stereocenters. The van der Waals surface area contributed by atoms with E-state index in [2.05, 4.69) is 17.2 Å². The van der Waals surface area contributed by atoms with Gasteiger partial charge in [-0.3, -0.25) is 9.69 Å². The summed E-state index contributed by atoms with van der Waals surface area (Å²) in [6.07, 6.45) is -0.251. The van der Waals surface area contributed by atoms with Crippen LogP contribution >= 0.6 is 11.3 Å². The quantitative estimate of drug-likeness (QED) is 0.728. The van der Waals surface area contributed by atoms with Crippen LogP contribution in [0.5, 0.6) is 0 Å². The summed E-state index contributed by atoms with van der Waals surface area (Å²) >= 11 is 1.62. The number of rotatable bonds is 5. The molecule has 1 aromatic carbocycles. The molecule has 0 saturated carbocycles. The second-order valence-electron chi connectivity index (χ2n) is 8.87. The van der Waals surface area contributed by atoms with Gasteiger partial charge in [0.2, 0.25) is 5.91 Å². The lowest BCUT2D eigenvalue weighted by Gasteiger charge is -2.28. The summed E-state index contributed by atoms with van der Waals surface area (Å²) in [5.41, 5.74) is 4.34. The Hall–Kier alpha value is -2.45. The van der Waals surface area contributed by atoms with Gasteiger partial charge >= 0.3 is 6.09 Å². The Bertz CT molecular complexity index is 920. The first-order chi connectivity index (χ1) is 14.6. The number of aliphatic hydroxyl groups excluding tert-OH is 1. The highest BCUT2D eigenvalue weighted by Crippen LogP contribution is 2.29. The molecule has 31 heavy (non-hydrogen) atoms. The predicted octanol–water partition coefficient (Wildman–Crippen LogP) is 3.92. The van der Waals surface area contributed by atoms with Crippen LogP contribution in [0.3, 0.4) is 0 Å². The van der Waals surface area contributed by atoms with Gasteiger partial charge in [0.15, 0.2) is 0 Å². The molecule has 168 valence electrons. The van der Waals surface area contributed by atoms with E-state index in [1.54, 1.807) is 32.1 Å². The van der Waals surface area contributed by atoms with Gasteiger partial charge in [-0.25, -0.2) is 9.78 Å². The molecule has 1 aromatic heterocycles. The number of aryl methyl sites for hydroxylation is 1. The standard InChI is InChI=1S/C23H31N3O4S/c1-6-18-20(31-13-24-18)16-9-7-15(8-10-16)14(2)25-21(28)19-11-17(27)12-26(19)22(29)30-23(3,4)5/h7-10,13-14,17,19,27H,6,11-12H2,1-5H3,(H,25,28)/t14-,17+,19-/m0/s1. The van der Waals surface area contributed by atoms with E-state index in [0.717, 1.165) is 23.2 Å². The Morgan fingerprint density at radius 2 is 2.00 bits per heavy atom. The maximum absolute atomic E-state index is 12.9. The number of carbonyl (C=O) groups excluding carboxylic acids is 2. The first-order valence-electron chi connectivity index (χ1n) is 10.6. The molecule has 8 heteroatoms. The Labute approximate surface area is 187 Å². The Morgan fingerprint density at radius 1 is 1.32 bits per heavy atom. The monoisotopic (exact) mass is 445 g/mol. The van der Waals surface area contributed by atoms with E-state index in [1.807, 2.05) is 36.7 Å². The van der Waals surface area contributed by atoms with Gasteiger partial charge < -0.3 is 15.2 Å². The van der Waals surface area contributed by atoms with E-state index >= 15 is 0 Å². The van der Waals surface area contributed by atoms with Crippen LogP contribution in [-0.4, -0.2) is 51.3 Å². The fourth-order valence-corrected chi connectivity index (χ4v) is 4.55. The van der Waals surface area contributed by atoms with Crippen molar-refractivity contribution in [2.75, 3.05) is 6.54 Å². The molecule has 7 nitrogen and oxygen atoms in total. The van der Waals surface area contributed by atoms with Gasteiger partial charge in [0.1, 0.15) is 11.6 Å². The van der Waals surface area contributed by atoms with Crippen molar-refractivity contribution in [1.29, 1.82) is 0 Å². The van der Waals surface area contributed by atoms with E-state index < -0.39 is 23.8 Å². The molecule has 1 saturated heterocycles. The van der Waals surface area contributed by atoms with Crippen LogP contribution in [0.1, 0.15) is 58.3 Å². The number of amides is 2. The minimum absolute atomic E-state index is 0.0880. The summed E-state index contributed by atoms with van der Waals surface area (Å²) in [5.74, 6) is -0.297. The van der Waals surface area contributed by atoms with Gasteiger partial charge in [0.25, 0.3) is 0 Å². The molecular weight excluding hydrogens is 414 g/mol. The Balaban J connectivity index is 1.67. The Morgan fingerprint density at radius 3 is 2.61 bits per heavy atom. The average Bonchev–Trinajstić information content (AvgIpc) is 3.33. The first-order valence-corrected chi connectivity index (χ1v) is 11.5. The van der Waals surface area contributed by atoms with Crippen molar-refractivity contribution in [2.24, 2.45) is 0 Å². The second-order valence-corrected chi connectivity index (χ2v) is 9.73. The molecule has 2 heterocycles. The summed E-state index contributed by atoms with van der Waals surface area (Å²) in [6.45, 7) is 9.39. The van der Waals surface area contributed by atoms with E-state index in [-0.39, 0.29) is 24.9 Å². The number of likely N-dealkylation sites (tertiary alicyclic amines) is 1. The molecule has 1 fully saturated rings. The van der Waals surface area contributed by atoms with Crippen LogP contribution in [-0.2, 0) is 16.0 Å². The third-order valence-corrected chi connectivity index (χ3v) is 6.14. The van der Waals surface area contributed by atoms with Gasteiger partial charge in [-0.1, -0.05) is 31.2 Å². The zero-order chi connectivity index (χ0) is 22.8. The molecule has 0 spiro atoms. The highest BCUT2D eigenvalue weighted by atomic mass is 32.1. The van der Waals surface area contributed by atoms with Crippen LogP contribution in [0.2, 0.25) is 0 Å². The third-order valence-electron chi connectivity index (χ3n) is 5.22. The number of benzene rings is 1. The lowest BCUT2D eigenvalue weighted by molar-refractivity contribution is -0.126. The fraction of sp³-hybridized carbons (Fsp3) is 0.522. The molecule has 2 N–H and O–H groups in total. The van der Waals surface area contributed by atoms with Crippen LogP contribution < -0.4 is 5.32 Å². The summed E-state index contributed by atoms with van der Waals surface area (Å²) < 4.78 is 5.40. The number of nitrogens with zero attached hydrogens (tertiary/aromatic N) is 2. The maximum Gasteiger partial charge on any atom is 0.411 e. The molecule has 2 aromatic rings. The van der Waals surface area contributed by atoms with Gasteiger partial charge in [-0.2, -0.15) is 0 Å². The van der Waals surface area contributed by atoms with Gasteiger partial charge in [-0.05, 0) is 45.2 Å². The molecular formula is C23H31N3O4S. The van der Waals surface area contributed by atoms with Crippen molar-refractivity contribution in [3.05, 3.63) is 41.0 Å². The average molecular weight is 446 g/mol. The third kappa shape index (κ3) is 5.62. The van der Waals surface area contributed by atoms with E-state index in [0.29, 0.717) is 0 Å². The number of hydrogen-bond donors (Lipinski definition) is 2. The number of aliphatic hydroxyl groups is 1. The van der Waals surface area contributed by atoms with Crippen LogP contribution in [0, 0.1) is 0 Å². The number of ether oxygens (including phenoxy) is 1. The Kier molecular flexibility index (Phi) is 7.01. The molecule has 0 aliphatic carbocycles. The van der Waals surface area contributed by atoms with Gasteiger partial charge in [0, 0.05) is 6.42 Å². The lowest BCUT2D eigenvalue weighted by atomic mass is 10.0. The smallest absolute Gasteiger partial charge is 0.411 e. The molecule has 1 aliphatic heterocycles. The van der Waals surface area contributed by atoms with Crippen LogP contribution in [0.4, 0.5) is 4.79 Å². The number of carbonyl (C=O) groups is 2. The highest BCUT2D eigenvalue weighted by Gasteiger charge is 2.41. The summed E-state index contributed by atoms with van der Waals surface area (Å²) in [7, 11) is 0. The predicted molar refractivity (Wildman–Crippen MR) is 121 cm³/mol. The van der Waals surface area contributed by atoms with Crippen molar-refractivity contribution in [2.45, 2.75) is 71.2 Å².